The highest BCUT2D eigenvalue weighted by molar-refractivity contribution is 7.93. The van der Waals surface area contributed by atoms with E-state index in [0.717, 1.165) is 0 Å². The van der Waals surface area contributed by atoms with Crippen LogP contribution >= 0.6 is 23.2 Å². The van der Waals surface area contributed by atoms with Crippen LogP contribution in [0.3, 0.4) is 0 Å². The second kappa shape index (κ2) is 10.3. The molecule has 0 unspecified atom stereocenters. The molecule has 0 atom stereocenters. The van der Waals surface area contributed by atoms with Crippen molar-refractivity contribution in [3.8, 4) is 5.69 Å². The third kappa shape index (κ3) is 6.23. The normalized spacial score (nSPS) is 15.3. The molecule has 3 heterocycles. The minimum atomic E-state index is -2.33. The number of primary amides is 1. The van der Waals surface area contributed by atoms with Crippen LogP contribution in [-0.4, -0.2) is 65.8 Å². The van der Waals surface area contributed by atoms with Gasteiger partial charge in [0.05, 0.1) is 49.1 Å². The predicted octanol–water partition coefficient (Wildman–Crippen LogP) is 4.14. The summed E-state index contributed by atoms with van der Waals surface area (Å²) < 4.78 is 18.8. The van der Waals surface area contributed by atoms with Gasteiger partial charge in [-0.1, -0.05) is 29.3 Å². The lowest BCUT2D eigenvalue weighted by Gasteiger charge is -2.30. The van der Waals surface area contributed by atoms with E-state index in [1.54, 1.807) is 41.4 Å². The summed E-state index contributed by atoms with van der Waals surface area (Å²) in [4.78, 5) is 30.9. The van der Waals surface area contributed by atoms with Crippen molar-refractivity contribution in [1.29, 1.82) is 0 Å². The van der Waals surface area contributed by atoms with Gasteiger partial charge in [-0.2, -0.15) is 5.10 Å². The Hall–Kier alpha value is -3.15. The third-order valence-corrected chi connectivity index (χ3v) is 8.60. The number of amides is 2. The highest BCUT2D eigenvalue weighted by Gasteiger charge is 2.27. The molecule has 0 radical (unpaired) electrons. The van der Waals surface area contributed by atoms with Gasteiger partial charge in [-0.25, -0.2) is 18.2 Å². The Balaban J connectivity index is 1.50. The van der Waals surface area contributed by atoms with E-state index in [4.69, 9.17) is 28.9 Å². The van der Waals surface area contributed by atoms with Crippen LogP contribution in [0.15, 0.2) is 47.1 Å². The number of para-hydroxylation sites is 1. The molecule has 0 spiro atoms. The van der Waals surface area contributed by atoms with Crippen molar-refractivity contribution < 1.29 is 13.8 Å². The van der Waals surface area contributed by atoms with Crippen LogP contribution in [0.5, 0.6) is 0 Å². The van der Waals surface area contributed by atoms with Gasteiger partial charge in [0.2, 0.25) is 0 Å². The van der Waals surface area contributed by atoms with E-state index in [2.05, 4.69) is 19.8 Å². The maximum Gasteiger partial charge on any atom is 0.272 e. The maximum atomic E-state index is 13.0. The smallest absolute Gasteiger partial charge is 0.272 e. The van der Waals surface area contributed by atoms with Crippen LogP contribution in [0.4, 0.5) is 11.4 Å². The number of benzene rings is 1. The standard InChI is InChI=1S/C24H27Cl2N7O3S/c1-24(2,3)31-37(36)11-9-32(10-12-37)23(35)18-8-7-15(13-28-18)29-19-14-33(30-20(19)22(27)34)21-16(25)5-4-6-17(21)26/h4-8,13-14,29H,9-12H2,1-3H3,(H2,27,34). The third-order valence-electron chi connectivity index (χ3n) is 5.46. The number of rotatable bonds is 5. The number of nitrogens with zero attached hydrogens (tertiary/aromatic N) is 5. The molecule has 0 bridgehead atoms. The lowest BCUT2D eigenvalue weighted by molar-refractivity contribution is 0.0765. The number of anilines is 2. The molecule has 2 amide bonds. The van der Waals surface area contributed by atoms with Crippen LogP contribution in [-0.2, 0) is 9.73 Å². The molecule has 0 saturated carbocycles. The molecule has 4 rings (SSSR count). The number of halogens is 2. The highest BCUT2D eigenvalue weighted by Crippen LogP contribution is 2.30. The topological polar surface area (TPSA) is 136 Å². The molecule has 196 valence electrons. The zero-order valence-corrected chi connectivity index (χ0v) is 22.9. The fourth-order valence-corrected chi connectivity index (χ4v) is 6.86. The van der Waals surface area contributed by atoms with Gasteiger partial charge in [-0.15, -0.1) is 0 Å². The number of nitrogens with one attached hydrogen (secondary N) is 1. The molecule has 13 heteroatoms. The van der Waals surface area contributed by atoms with E-state index < -0.39 is 21.2 Å². The summed E-state index contributed by atoms with van der Waals surface area (Å²) in [5, 5.41) is 7.99. The minimum Gasteiger partial charge on any atom is -0.364 e. The van der Waals surface area contributed by atoms with E-state index in [1.165, 1.54) is 10.9 Å². The second-order valence-corrected chi connectivity index (χ2v) is 12.9. The Morgan fingerprint density at radius 1 is 1.11 bits per heavy atom. The molecule has 10 nitrogen and oxygen atoms in total. The lowest BCUT2D eigenvalue weighted by Crippen LogP contribution is -2.44. The van der Waals surface area contributed by atoms with Crippen LogP contribution in [0.2, 0.25) is 10.0 Å². The Bertz CT molecular complexity index is 1440. The van der Waals surface area contributed by atoms with E-state index in [-0.39, 0.29) is 17.3 Å². The molecule has 1 saturated heterocycles. The van der Waals surface area contributed by atoms with Crippen molar-refractivity contribution in [2.24, 2.45) is 10.1 Å². The van der Waals surface area contributed by atoms with E-state index in [1.807, 2.05) is 20.8 Å². The van der Waals surface area contributed by atoms with E-state index in [9.17, 15) is 13.8 Å². The van der Waals surface area contributed by atoms with Gasteiger partial charge in [0, 0.05) is 24.6 Å². The highest BCUT2D eigenvalue weighted by atomic mass is 35.5. The van der Waals surface area contributed by atoms with Crippen molar-refractivity contribution in [2.45, 2.75) is 26.3 Å². The summed E-state index contributed by atoms with van der Waals surface area (Å²) in [5.74, 6) is -0.317. The van der Waals surface area contributed by atoms with Gasteiger partial charge in [-0.05, 0) is 45.0 Å². The number of pyridine rings is 1. The predicted molar refractivity (Wildman–Crippen MR) is 146 cm³/mol. The molecule has 0 aliphatic carbocycles. The van der Waals surface area contributed by atoms with Crippen LogP contribution in [0, 0.1) is 0 Å². The SMILES string of the molecule is CC(C)(C)N=S1(=O)CCN(C(=O)c2ccc(Nc3cn(-c4c(Cl)cccc4Cl)nc3C(N)=O)cn2)CC1. The first-order valence-corrected chi connectivity index (χ1v) is 14.1. The van der Waals surface area contributed by atoms with Gasteiger partial charge in [0.25, 0.3) is 11.8 Å². The Kier molecular flexibility index (Phi) is 7.50. The number of carbonyl (C=O) groups is 2. The number of aromatic nitrogens is 3. The van der Waals surface area contributed by atoms with Crippen LogP contribution in [0.1, 0.15) is 41.7 Å². The molecule has 37 heavy (non-hydrogen) atoms. The van der Waals surface area contributed by atoms with Crippen LogP contribution < -0.4 is 11.1 Å². The summed E-state index contributed by atoms with van der Waals surface area (Å²) in [6, 6.07) is 8.24. The number of hydrogen-bond acceptors (Lipinski definition) is 7. The fraction of sp³-hybridized carbons (Fsp3) is 0.333. The molecule has 1 aliphatic rings. The first-order chi connectivity index (χ1) is 17.3. The van der Waals surface area contributed by atoms with Crippen molar-refractivity contribution in [3.05, 3.63) is 64.2 Å². The van der Waals surface area contributed by atoms with E-state index in [0.29, 0.717) is 51.7 Å². The lowest BCUT2D eigenvalue weighted by atomic mass is 10.1. The zero-order chi connectivity index (χ0) is 27.0. The summed E-state index contributed by atoms with van der Waals surface area (Å²) in [6.07, 6.45) is 3.01. The zero-order valence-electron chi connectivity index (χ0n) is 20.6. The monoisotopic (exact) mass is 563 g/mol. The van der Waals surface area contributed by atoms with Gasteiger partial charge in [0.15, 0.2) is 5.69 Å². The summed E-state index contributed by atoms with van der Waals surface area (Å²) in [5.41, 5.74) is 6.59. The average Bonchev–Trinajstić information content (AvgIpc) is 3.21. The van der Waals surface area contributed by atoms with Crippen molar-refractivity contribution in [2.75, 3.05) is 29.9 Å². The Morgan fingerprint density at radius 2 is 1.76 bits per heavy atom. The van der Waals surface area contributed by atoms with Crippen LogP contribution in [0.25, 0.3) is 5.69 Å². The minimum absolute atomic E-state index is 0.0197. The Labute approximate surface area is 225 Å². The Morgan fingerprint density at radius 3 is 2.30 bits per heavy atom. The summed E-state index contributed by atoms with van der Waals surface area (Å²) in [6.45, 7) is 6.45. The fourth-order valence-electron chi connectivity index (χ4n) is 3.89. The van der Waals surface area contributed by atoms with Crippen molar-refractivity contribution in [3.63, 3.8) is 0 Å². The molecule has 1 fully saturated rings. The molecular formula is C24H27Cl2N7O3S. The first-order valence-electron chi connectivity index (χ1n) is 11.5. The first kappa shape index (κ1) is 26.9. The number of nitrogens with two attached hydrogens (primary N) is 1. The molecule has 2 aromatic heterocycles. The number of hydrogen-bond donors (Lipinski definition) is 2. The molecule has 3 aromatic rings. The van der Waals surface area contributed by atoms with Gasteiger partial charge in [0.1, 0.15) is 11.4 Å². The molecule has 1 aromatic carbocycles. The number of carbonyl (C=O) groups excluding carboxylic acids is 2. The quantitative estimate of drug-likeness (QED) is 0.478. The summed E-state index contributed by atoms with van der Waals surface area (Å²) >= 11 is 12.5. The maximum absolute atomic E-state index is 13.0. The largest absolute Gasteiger partial charge is 0.364 e. The molecular weight excluding hydrogens is 537 g/mol. The summed E-state index contributed by atoms with van der Waals surface area (Å²) in [7, 11) is -2.33. The van der Waals surface area contributed by atoms with Gasteiger partial charge >= 0.3 is 0 Å². The van der Waals surface area contributed by atoms with E-state index >= 15 is 0 Å². The van der Waals surface area contributed by atoms with Gasteiger partial charge in [-0.3, -0.25) is 9.59 Å². The van der Waals surface area contributed by atoms with Crippen molar-refractivity contribution in [1.82, 2.24) is 19.7 Å². The average molecular weight is 564 g/mol. The second-order valence-electron chi connectivity index (χ2n) is 9.56. The van der Waals surface area contributed by atoms with Gasteiger partial charge < -0.3 is 16.0 Å². The molecule has 3 N–H and O–H groups in total. The van der Waals surface area contributed by atoms with Crippen molar-refractivity contribution >= 4 is 56.1 Å². The molecule has 1 aliphatic heterocycles.